The molecule has 473 valence electrons. The van der Waals surface area contributed by atoms with Crippen LogP contribution in [0.25, 0.3) is 83.6 Å². The average molecular weight is 1430 g/mol. The van der Waals surface area contributed by atoms with Crippen molar-refractivity contribution in [3.8, 4) is 50.6 Å². The zero-order valence-electron chi connectivity index (χ0n) is 57.0. The van der Waals surface area contributed by atoms with E-state index in [9.17, 15) is 52.7 Å². The van der Waals surface area contributed by atoms with E-state index in [0.717, 1.165) is 89.8 Å². The summed E-state index contributed by atoms with van der Waals surface area (Å²) in [5, 5.41) is 1.97. The molecule has 3 aromatic heterocycles. The number of hydrogen-bond acceptors (Lipinski definition) is 3. The van der Waals surface area contributed by atoms with Crippen LogP contribution >= 0.6 is 0 Å². The van der Waals surface area contributed by atoms with Crippen LogP contribution in [0, 0.1) is 42.6 Å². The molecular weight excluding hydrogens is 1360 g/mol. The maximum absolute atomic E-state index is 13.8. The van der Waals surface area contributed by atoms with Crippen LogP contribution in [-0.2, 0) is 26.5 Å². The smallest absolute Gasteiger partial charge is 0.403 e. The first kappa shape index (κ1) is 55.6. The number of rotatable bonds is 10. The van der Waals surface area contributed by atoms with Crippen molar-refractivity contribution < 1.29 is 88.2 Å². The van der Waals surface area contributed by atoms with E-state index in [-0.39, 0.29) is 67.5 Å². The van der Waals surface area contributed by atoms with E-state index < -0.39 is 111 Å². The van der Waals surface area contributed by atoms with E-state index in [1.165, 1.54) is 18.2 Å². The summed E-state index contributed by atoms with van der Waals surface area (Å²) in [5.41, 5.74) is 3.72. The van der Waals surface area contributed by atoms with Gasteiger partial charge < -0.3 is 14.0 Å². The third-order valence-electron chi connectivity index (χ3n) is 17.9. The second-order valence-electron chi connectivity index (χ2n) is 23.9. The van der Waals surface area contributed by atoms with E-state index in [1.807, 2.05) is 78.9 Å². The normalized spacial score (nSPS) is 17.8. The van der Waals surface area contributed by atoms with Crippen molar-refractivity contribution >= 4 is 33.0 Å². The first-order chi connectivity index (χ1) is 45.3. The number of furan rings is 1. The van der Waals surface area contributed by atoms with Crippen LogP contribution in [0.1, 0.15) is 141 Å². The molecule has 0 atom stereocenters. The minimum Gasteiger partial charge on any atom is -0.501 e. The maximum atomic E-state index is 13.8. The third-order valence-corrected chi connectivity index (χ3v) is 17.9. The molecule has 1 radical (unpaired) electrons. The van der Waals surface area contributed by atoms with Gasteiger partial charge >= 0.3 is 24.7 Å². The molecule has 2 aliphatic rings. The summed E-state index contributed by atoms with van der Waals surface area (Å²) in [6, 6.07) is 51.6. The van der Waals surface area contributed by atoms with Gasteiger partial charge in [0.15, 0.2) is 10.8 Å². The van der Waals surface area contributed by atoms with Gasteiger partial charge in [-0.3, -0.25) is 4.98 Å². The van der Waals surface area contributed by atoms with Gasteiger partial charge in [0.25, 0.3) is 0 Å². The summed E-state index contributed by atoms with van der Waals surface area (Å²) >= 11 is 0. The largest absolute Gasteiger partial charge is 0.501 e. The zero-order valence-corrected chi connectivity index (χ0v) is 51.4. The predicted octanol–water partition coefficient (Wildman–Crippen LogP) is 22.7. The summed E-state index contributed by atoms with van der Waals surface area (Å²) in [7, 11) is 0. The molecule has 2 aliphatic carbocycles. The van der Waals surface area contributed by atoms with Gasteiger partial charge in [-0.05, 0) is 175 Å². The number of aryl methyl sites for hydroxylation is 2. The van der Waals surface area contributed by atoms with Crippen molar-refractivity contribution in [2.75, 3.05) is 0 Å². The number of aromatic nitrogens is 3. The molecule has 0 aliphatic heterocycles. The van der Waals surface area contributed by atoms with Gasteiger partial charge in [0.2, 0.25) is 0 Å². The number of alkyl halides is 12. The summed E-state index contributed by atoms with van der Waals surface area (Å²) in [4.78, 5) is 9.32. The zero-order chi connectivity index (χ0) is 70.4. The van der Waals surface area contributed by atoms with Gasteiger partial charge in [0.05, 0.1) is 22.4 Å². The van der Waals surface area contributed by atoms with Gasteiger partial charge in [-0.15, -0.1) is 53.6 Å². The molecule has 90 heavy (non-hydrogen) atoms. The number of para-hydroxylation sites is 2. The molecule has 0 amide bonds. The van der Waals surface area contributed by atoms with Crippen molar-refractivity contribution in [1.29, 1.82) is 0 Å². The molecule has 10 aromatic rings. The minimum absolute atomic E-state index is 0. The van der Waals surface area contributed by atoms with E-state index in [0.29, 0.717) is 11.4 Å². The molecule has 0 saturated heterocycles. The standard InChI is InChI=1S/C51H43F6N2O.C22H22F6N.Ir/c1-30(2)40-28-37(34-19-17-33(18-20-34)35-23-25-49(26-24-35,50(52,53)54)51(55,56)57)29-41(31(3)4)46(40)59-44-16-9-8-15-43(44)58-48(59)39-14-10-13-38-42-27-36(32-11-6-5-7-12-32)21-22-45(42)60-47(38)39;1-14-3-5-17(6-4-14)19-11-15(2)18(13-29-19)12-16-7-9-20(10-8-16,21(23,24)25)22(26,27)28;/h5-13,15-22,27-31,35H,23-26H2,1-4H3;3-5,11,13,16H,7-10,12H2,1-2H3;/q2*-1;/i;1D3,2D3,12D2;. The van der Waals surface area contributed by atoms with Crippen molar-refractivity contribution in [3.05, 3.63) is 197 Å². The van der Waals surface area contributed by atoms with Crippen LogP contribution in [0.15, 0.2) is 156 Å². The fourth-order valence-electron chi connectivity index (χ4n) is 12.7. The Labute approximate surface area is 539 Å². The number of pyridine rings is 1. The molecule has 2 fully saturated rings. The second kappa shape index (κ2) is 25.1. The average Bonchev–Trinajstić information content (AvgIpc) is 0.893. The van der Waals surface area contributed by atoms with Crippen LogP contribution in [-0.4, -0.2) is 39.2 Å². The summed E-state index contributed by atoms with van der Waals surface area (Å²) in [5.74, 6) is -0.832. The monoisotopic (exact) mass is 1430 g/mol. The van der Waals surface area contributed by atoms with Crippen molar-refractivity contribution in [2.45, 2.75) is 142 Å². The Bertz CT molecular complexity index is 4440. The number of nitrogens with zero attached hydrogens (tertiary/aromatic N) is 3. The molecule has 0 unspecified atom stereocenters. The maximum Gasteiger partial charge on any atom is 0.403 e. The summed E-state index contributed by atoms with van der Waals surface area (Å²) < 4.78 is 235. The number of benzene rings is 7. The molecule has 3 heterocycles. The van der Waals surface area contributed by atoms with Crippen LogP contribution in [0.4, 0.5) is 52.7 Å². The summed E-state index contributed by atoms with van der Waals surface area (Å²) in [6.07, 6.45) is -30.1. The Balaban J connectivity index is 0.000000236. The van der Waals surface area contributed by atoms with Crippen LogP contribution in [0.5, 0.6) is 0 Å². The van der Waals surface area contributed by atoms with E-state index in [1.54, 1.807) is 0 Å². The Kier molecular flexibility index (Phi) is 15.5. The van der Waals surface area contributed by atoms with Gasteiger partial charge in [-0.2, -0.15) is 52.7 Å². The molecule has 2 saturated carbocycles. The topological polar surface area (TPSA) is 43.9 Å². The van der Waals surface area contributed by atoms with Gasteiger partial charge in [-0.25, -0.2) is 0 Å². The van der Waals surface area contributed by atoms with Crippen molar-refractivity contribution in [3.63, 3.8) is 0 Å². The van der Waals surface area contributed by atoms with Crippen LogP contribution in [0.2, 0.25) is 0 Å². The molecule has 0 bridgehead atoms. The Hall–Kier alpha value is -7.23. The van der Waals surface area contributed by atoms with Gasteiger partial charge in [0, 0.05) is 48.3 Å². The van der Waals surface area contributed by atoms with E-state index in [4.69, 9.17) is 20.4 Å². The molecule has 12 rings (SSSR count). The first-order valence-electron chi connectivity index (χ1n) is 33.3. The van der Waals surface area contributed by atoms with E-state index >= 15 is 0 Å². The number of halogens is 12. The Morgan fingerprint density at radius 2 is 1.21 bits per heavy atom. The van der Waals surface area contributed by atoms with Crippen LogP contribution in [0.3, 0.4) is 0 Å². The fourth-order valence-corrected chi connectivity index (χ4v) is 12.7. The molecule has 7 aromatic carbocycles. The number of fused-ring (bicyclic) bond motifs is 4. The molecule has 4 nitrogen and oxygen atoms in total. The van der Waals surface area contributed by atoms with Crippen molar-refractivity contribution in [2.24, 2.45) is 16.7 Å². The third kappa shape index (κ3) is 12.4. The van der Waals surface area contributed by atoms with Gasteiger partial charge in [0.1, 0.15) is 5.58 Å². The Morgan fingerprint density at radius 3 is 1.79 bits per heavy atom. The number of imidazole rings is 1. The first-order valence-corrected chi connectivity index (χ1v) is 29.3. The quantitative estimate of drug-likeness (QED) is 0.101. The number of hydrogen-bond donors (Lipinski definition) is 0. The molecule has 0 spiro atoms. The molecule has 0 N–H and O–H groups in total. The predicted molar refractivity (Wildman–Crippen MR) is 326 cm³/mol. The van der Waals surface area contributed by atoms with Crippen molar-refractivity contribution in [1.82, 2.24) is 14.5 Å². The SMILES string of the molecule is CC(C)c1cc(-c2ccc(C3CCC(C(F)(F)F)(C(F)(F)F)CC3)cc2)cc(C(C)C)c1-n1c(-c2[c-]ccc3c2oc2ccc(-c4ccccc4)cc23)nc2ccccc21.[2H]C([2H])([2H])c1c[c-]c(-c2cc(C([2H])([2H])[2H])c(C([2H])([2H])C3CCC(C(F)(F)F)(C(F)(F)F)CC3)cn2)cc1.[Ir]. The van der Waals surface area contributed by atoms with Gasteiger partial charge in [-0.1, -0.05) is 130 Å². The fraction of sp³-hybridized carbons (Fsp3) is 0.342. The summed E-state index contributed by atoms with van der Waals surface area (Å²) in [6.45, 7) is 3.36. The van der Waals surface area contributed by atoms with E-state index in [2.05, 4.69) is 91.8 Å². The minimum atomic E-state index is -5.57. The molecular formula is C73H65F12IrN3O-2. The van der Waals surface area contributed by atoms with Crippen LogP contribution < -0.4 is 0 Å². The second-order valence-corrected chi connectivity index (χ2v) is 23.9. The molecule has 17 heteroatoms. The Morgan fingerprint density at radius 1 is 0.622 bits per heavy atom.